The largest absolute Gasteiger partial charge is 0.393 e. The van der Waals surface area contributed by atoms with Crippen molar-refractivity contribution in [2.24, 2.45) is 0 Å². The first-order valence-electron chi connectivity index (χ1n) is 6.65. The highest BCUT2D eigenvalue weighted by atomic mass is 16.3. The first-order valence-corrected chi connectivity index (χ1v) is 6.65. The van der Waals surface area contributed by atoms with Gasteiger partial charge in [0.25, 0.3) is 0 Å². The highest BCUT2D eigenvalue weighted by Crippen LogP contribution is 2.06. The molecule has 0 spiro atoms. The number of hydrogen-bond donors (Lipinski definition) is 2. The summed E-state index contributed by atoms with van der Waals surface area (Å²) in [6.45, 7) is 3.81. The van der Waals surface area contributed by atoms with Gasteiger partial charge < -0.3 is 15.3 Å². The molecule has 2 N–H and O–H groups in total. The van der Waals surface area contributed by atoms with E-state index in [1.807, 2.05) is 14.1 Å². The number of aliphatic hydroxyl groups is 1. The Hall–Kier alpha value is -0.610. The number of amides is 1. The summed E-state index contributed by atoms with van der Waals surface area (Å²) >= 11 is 0. The zero-order valence-corrected chi connectivity index (χ0v) is 11.5. The Labute approximate surface area is 105 Å². The van der Waals surface area contributed by atoms with Gasteiger partial charge in [-0.3, -0.25) is 4.79 Å². The predicted molar refractivity (Wildman–Crippen MR) is 70.9 cm³/mol. The summed E-state index contributed by atoms with van der Waals surface area (Å²) in [5.41, 5.74) is 0. The summed E-state index contributed by atoms with van der Waals surface area (Å²) in [4.78, 5) is 13.5. The molecular formula is C13H28N2O2. The van der Waals surface area contributed by atoms with Crippen LogP contribution in [0.3, 0.4) is 0 Å². The molecule has 0 saturated carbocycles. The molecule has 0 aliphatic carbocycles. The van der Waals surface area contributed by atoms with Gasteiger partial charge in [-0.25, -0.2) is 0 Å². The topological polar surface area (TPSA) is 52.6 Å². The number of nitrogens with one attached hydrogen (secondary N) is 1. The van der Waals surface area contributed by atoms with Crippen molar-refractivity contribution in [2.75, 3.05) is 27.2 Å². The maximum atomic E-state index is 11.4. The van der Waals surface area contributed by atoms with E-state index in [0.29, 0.717) is 12.8 Å². The highest BCUT2D eigenvalue weighted by molar-refractivity contribution is 5.75. The summed E-state index contributed by atoms with van der Waals surface area (Å²) in [6, 6.07) is 0. The highest BCUT2D eigenvalue weighted by Gasteiger charge is 2.07. The van der Waals surface area contributed by atoms with Crippen LogP contribution in [0.4, 0.5) is 0 Å². The number of nitrogens with zero attached hydrogens (tertiary/aromatic N) is 1. The molecule has 0 aromatic rings. The molecule has 0 aromatic heterocycles. The van der Waals surface area contributed by atoms with Crippen LogP contribution >= 0.6 is 0 Å². The van der Waals surface area contributed by atoms with E-state index < -0.39 is 0 Å². The summed E-state index contributed by atoms with van der Waals surface area (Å²) in [6.07, 6.45) is 4.61. The van der Waals surface area contributed by atoms with Crippen LogP contribution in [0.25, 0.3) is 0 Å². The normalized spacial score (nSPS) is 12.8. The standard InChI is InChI=1S/C13H28N2O2/c1-4-5-7-12(16)8-9-13(17)14-10-6-11-15(2)3/h12,16H,4-11H2,1-3H3,(H,14,17). The maximum absolute atomic E-state index is 11.4. The Morgan fingerprint density at radius 1 is 1.29 bits per heavy atom. The van der Waals surface area contributed by atoms with Gasteiger partial charge in [-0.2, -0.15) is 0 Å². The first kappa shape index (κ1) is 16.4. The van der Waals surface area contributed by atoms with Crippen molar-refractivity contribution < 1.29 is 9.90 Å². The zero-order valence-electron chi connectivity index (χ0n) is 11.5. The summed E-state index contributed by atoms with van der Waals surface area (Å²) in [5.74, 6) is 0.0549. The van der Waals surface area contributed by atoms with Crippen LogP contribution in [0, 0.1) is 0 Å². The second-order valence-corrected chi connectivity index (χ2v) is 4.84. The molecule has 0 bridgehead atoms. The third-order valence-corrected chi connectivity index (χ3v) is 2.70. The Morgan fingerprint density at radius 3 is 2.59 bits per heavy atom. The van der Waals surface area contributed by atoms with Gasteiger partial charge in [0.1, 0.15) is 0 Å². The Bertz CT molecular complexity index is 196. The van der Waals surface area contributed by atoms with Crippen LogP contribution in [0.5, 0.6) is 0 Å². The van der Waals surface area contributed by atoms with Crippen molar-refractivity contribution in [3.63, 3.8) is 0 Å². The van der Waals surface area contributed by atoms with E-state index in [-0.39, 0.29) is 12.0 Å². The van der Waals surface area contributed by atoms with Crippen molar-refractivity contribution in [1.29, 1.82) is 0 Å². The Kier molecular flexibility index (Phi) is 10.2. The van der Waals surface area contributed by atoms with E-state index in [9.17, 15) is 9.90 Å². The molecule has 0 aromatic carbocycles. The lowest BCUT2D eigenvalue weighted by atomic mass is 10.1. The maximum Gasteiger partial charge on any atom is 0.220 e. The number of hydrogen-bond acceptors (Lipinski definition) is 3. The lowest BCUT2D eigenvalue weighted by Crippen LogP contribution is -2.27. The molecule has 4 heteroatoms. The second kappa shape index (κ2) is 10.5. The third kappa shape index (κ3) is 11.6. The van der Waals surface area contributed by atoms with E-state index in [2.05, 4.69) is 17.1 Å². The summed E-state index contributed by atoms with van der Waals surface area (Å²) < 4.78 is 0. The van der Waals surface area contributed by atoms with E-state index in [0.717, 1.165) is 38.8 Å². The summed E-state index contributed by atoms with van der Waals surface area (Å²) in [7, 11) is 4.04. The molecule has 0 aliphatic rings. The minimum absolute atomic E-state index is 0.0549. The molecule has 1 amide bonds. The zero-order chi connectivity index (χ0) is 13.1. The first-order chi connectivity index (χ1) is 8.06. The molecule has 1 unspecified atom stereocenters. The molecule has 4 nitrogen and oxygen atoms in total. The molecule has 17 heavy (non-hydrogen) atoms. The fourth-order valence-electron chi connectivity index (χ4n) is 1.59. The molecule has 0 radical (unpaired) electrons. The Balaban J connectivity index is 3.39. The lowest BCUT2D eigenvalue weighted by Gasteiger charge is -2.11. The third-order valence-electron chi connectivity index (χ3n) is 2.70. The van der Waals surface area contributed by atoms with Crippen LogP contribution in [0.1, 0.15) is 45.4 Å². The van der Waals surface area contributed by atoms with Crippen molar-refractivity contribution in [3.8, 4) is 0 Å². The van der Waals surface area contributed by atoms with Crippen LogP contribution in [-0.2, 0) is 4.79 Å². The quantitative estimate of drug-likeness (QED) is 0.571. The van der Waals surface area contributed by atoms with Crippen molar-refractivity contribution in [3.05, 3.63) is 0 Å². The molecule has 0 saturated heterocycles. The molecule has 0 heterocycles. The van der Waals surface area contributed by atoms with Crippen LogP contribution in [0.2, 0.25) is 0 Å². The van der Waals surface area contributed by atoms with Crippen molar-refractivity contribution in [2.45, 2.75) is 51.6 Å². The summed E-state index contributed by atoms with van der Waals surface area (Å²) in [5, 5.41) is 12.5. The van der Waals surface area contributed by atoms with Gasteiger partial charge in [-0.15, -0.1) is 0 Å². The van der Waals surface area contributed by atoms with Crippen LogP contribution < -0.4 is 5.32 Å². The van der Waals surface area contributed by atoms with Gasteiger partial charge >= 0.3 is 0 Å². The van der Waals surface area contributed by atoms with Gasteiger partial charge in [0.15, 0.2) is 0 Å². The smallest absolute Gasteiger partial charge is 0.220 e. The van der Waals surface area contributed by atoms with Crippen LogP contribution in [-0.4, -0.2) is 49.2 Å². The van der Waals surface area contributed by atoms with E-state index in [4.69, 9.17) is 0 Å². The fourth-order valence-corrected chi connectivity index (χ4v) is 1.59. The van der Waals surface area contributed by atoms with Gasteiger partial charge in [-0.05, 0) is 39.9 Å². The van der Waals surface area contributed by atoms with E-state index in [1.54, 1.807) is 0 Å². The van der Waals surface area contributed by atoms with Crippen molar-refractivity contribution >= 4 is 5.91 Å². The molecule has 1 atom stereocenters. The minimum atomic E-state index is -0.317. The molecule has 0 rings (SSSR count). The Morgan fingerprint density at radius 2 is 2.00 bits per heavy atom. The molecule has 0 fully saturated rings. The van der Waals surface area contributed by atoms with Crippen LogP contribution in [0.15, 0.2) is 0 Å². The second-order valence-electron chi connectivity index (χ2n) is 4.84. The number of rotatable bonds is 10. The van der Waals surface area contributed by atoms with Gasteiger partial charge in [0, 0.05) is 13.0 Å². The number of aliphatic hydroxyl groups excluding tert-OH is 1. The van der Waals surface area contributed by atoms with Crippen molar-refractivity contribution in [1.82, 2.24) is 10.2 Å². The number of unbranched alkanes of at least 4 members (excludes halogenated alkanes) is 1. The monoisotopic (exact) mass is 244 g/mol. The average molecular weight is 244 g/mol. The number of carbonyl (C=O) groups is 1. The molecule has 102 valence electrons. The average Bonchev–Trinajstić information content (AvgIpc) is 2.29. The molecule has 0 aliphatic heterocycles. The fraction of sp³-hybridized carbons (Fsp3) is 0.923. The van der Waals surface area contributed by atoms with E-state index >= 15 is 0 Å². The SMILES string of the molecule is CCCCC(O)CCC(=O)NCCCN(C)C. The number of carbonyl (C=O) groups excluding carboxylic acids is 1. The van der Waals surface area contributed by atoms with E-state index in [1.165, 1.54) is 0 Å². The van der Waals surface area contributed by atoms with Gasteiger partial charge in [0.05, 0.1) is 6.10 Å². The molecular weight excluding hydrogens is 216 g/mol. The minimum Gasteiger partial charge on any atom is -0.393 e. The lowest BCUT2D eigenvalue weighted by molar-refractivity contribution is -0.121. The predicted octanol–water partition coefficient (Wildman–Crippen LogP) is 1.39. The van der Waals surface area contributed by atoms with Gasteiger partial charge in [0.2, 0.25) is 5.91 Å². The van der Waals surface area contributed by atoms with Gasteiger partial charge in [-0.1, -0.05) is 19.8 Å².